The summed E-state index contributed by atoms with van der Waals surface area (Å²) >= 11 is 5.87. The van der Waals surface area contributed by atoms with Gasteiger partial charge in [-0.1, -0.05) is 23.7 Å². The molecule has 0 fully saturated rings. The van der Waals surface area contributed by atoms with Gasteiger partial charge in [-0.2, -0.15) is 5.10 Å². The van der Waals surface area contributed by atoms with Crippen LogP contribution in [0.3, 0.4) is 0 Å². The van der Waals surface area contributed by atoms with Gasteiger partial charge in [-0.15, -0.1) is 0 Å². The fraction of sp³-hybridized carbons (Fsp3) is 0.217. The van der Waals surface area contributed by atoms with Crippen LogP contribution < -0.4 is 5.73 Å². The zero-order chi connectivity index (χ0) is 24.6. The predicted octanol–water partition coefficient (Wildman–Crippen LogP) is 4.23. The third-order valence-electron chi connectivity index (χ3n) is 5.59. The number of alkyl halides is 1. The summed E-state index contributed by atoms with van der Waals surface area (Å²) in [4.78, 5) is 29.7. The second-order valence-electron chi connectivity index (χ2n) is 7.76. The molecule has 11 heteroatoms. The SMILES string of the molecule is [C-]#[N+]c1ccc(CC(=O)N2Cc3c(C(N)=O)c(-c4ccc(F)c(Cl)c4)nn3[C@H](CF)C2)cc1F. The van der Waals surface area contributed by atoms with Gasteiger partial charge in [0.25, 0.3) is 5.91 Å². The monoisotopic (exact) mass is 487 g/mol. The fourth-order valence-electron chi connectivity index (χ4n) is 3.95. The number of halogens is 4. The van der Waals surface area contributed by atoms with E-state index in [4.69, 9.17) is 23.9 Å². The summed E-state index contributed by atoms with van der Waals surface area (Å²) in [7, 11) is 0. The zero-order valence-electron chi connectivity index (χ0n) is 17.6. The highest BCUT2D eigenvalue weighted by Crippen LogP contribution is 2.33. The molecule has 7 nitrogen and oxygen atoms in total. The molecule has 2 N–H and O–H groups in total. The quantitative estimate of drug-likeness (QED) is 0.547. The lowest BCUT2D eigenvalue weighted by atomic mass is 10.0. The van der Waals surface area contributed by atoms with E-state index in [-0.39, 0.29) is 47.2 Å². The minimum atomic E-state index is -0.892. The van der Waals surface area contributed by atoms with Crippen molar-refractivity contribution in [2.45, 2.75) is 19.0 Å². The maximum absolute atomic E-state index is 14.0. The average molecular weight is 488 g/mol. The Morgan fingerprint density at radius 2 is 1.97 bits per heavy atom. The summed E-state index contributed by atoms with van der Waals surface area (Å²) in [6, 6.07) is 6.74. The van der Waals surface area contributed by atoms with Crippen molar-refractivity contribution in [1.29, 1.82) is 0 Å². The van der Waals surface area contributed by atoms with Gasteiger partial charge in [-0.25, -0.2) is 18.0 Å². The van der Waals surface area contributed by atoms with Crippen LogP contribution in [0.5, 0.6) is 0 Å². The first-order valence-corrected chi connectivity index (χ1v) is 10.5. The van der Waals surface area contributed by atoms with E-state index in [1.165, 1.54) is 33.8 Å². The molecule has 0 radical (unpaired) electrons. The molecule has 0 spiro atoms. The number of hydrogen-bond donors (Lipinski definition) is 1. The van der Waals surface area contributed by atoms with Gasteiger partial charge in [0.15, 0.2) is 0 Å². The molecular weight excluding hydrogens is 471 g/mol. The summed E-state index contributed by atoms with van der Waals surface area (Å²) < 4.78 is 42.8. The Kier molecular flexibility index (Phi) is 6.30. The number of carbonyl (C=O) groups excluding carboxylic acids is 2. The average Bonchev–Trinajstić information content (AvgIpc) is 3.20. The molecule has 0 unspecified atom stereocenters. The summed E-state index contributed by atoms with van der Waals surface area (Å²) in [5.74, 6) is -2.67. The standard InChI is InChI=1S/C23H17ClF3N5O2/c1-29-18-5-2-12(6-17(18)27)7-20(33)31-10-14(9-25)32-19(11-31)21(23(28)34)22(30-32)13-3-4-16(26)15(24)8-13/h2-6,8,14H,7,9-11H2,(H2,28,34)/t14-/m1/s1. The third-order valence-corrected chi connectivity index (χ3v) is 5.88. The molecule has 1 aliphatic rings. The second kappa shape index (κ2) is 9.19. The molecule has 0 bridgehead atoms. The normalized spacial score (nSPS) is 15.0. The smallest absolute Gasteiger partial charge is 0.252 e. The van der Waals surface area contributed by atoms with E-state index in [1.54, 1.807) is 0 Å². The van der Waals surface area contributed by atoms with E-state index in [0.717, 1.165) is 12.1 Å². The van der Waals surface area contributed by atoms with Gasteiger partial charge in [0.1, 0.15) is 24.0 Å². The first kappa shape index (κ1) is 23.3. The minimum absolute atomic E-state index is 0.0221. The molecule has 2 aromatic carbocycles. The van der Waals surface area contributed by atoms with E-state index < -0.39 is 36.2 Å². The molecule has 2 amide bonds. The molecule has 0 saturated heterocycles. The Morgan fingerprint density at radius 1 is 1.21 bits per heavy atom. The Labute approximate surface area is 197 Å². The van der Waals surface area contributed by atoms with Crippen LogP contribution in [0.15, 0.2) is 36.4 Å². The van der Waals surface area contributed by atoms with Crippen LogP contribution >= 0.6 is 11.6 Å². The molecule has 2 heterocycles. The number of nitrogens with two attached hydrogens (primary N) is 1. The van der Waals surface area contributed by atoms with Crippen LogP contribution in [0.2, 0.25) is 5.02 Å². The molecule has 174 valence electrons. The van der Waals surface area contributed by atoms with Crippen LogP contribution in [0.25, 0.3) is 16.1 Å². The van der Waals surface area contributed by atoms with E-state index in [2.05, 4.69) is 9.94 Å². The number of primary amides is 1. The number of amides is 2. The minimum Gasteiger partial charge on any atom is -0.365 e. The molecule has 3 aromatic rings. The van der Waals surface area contributed by atoms with Gasteiger partial charge in [-0.05, 0) is 29.8 Å². The Hall–Kier alpha value is -3.84. The highest BCUT2D eigenvalue weighted by atomic mass is 35.5. The Bertz CT molecular complexity index is 1350. The lowest BCUT2D eigenvalue weighted by molar-refractivity contribution is -0.132. The van der Waals surface area contributed by atoms with Gasteiger partial charge in [-0.3, -0.25) is 14.3 Å². The first-order chi connectivity index (χ1) is 16.2. The number of fused-ring (bicyclic) bond motifs is 1. The highest BCUT2D eigenvalue weighted by Gasteiger charge is 2.34. The zero-order valence-corrected chi connectivity index (χ0v) is 18.3. The maximum Gasteiger partial charge on any atom is 0.252 e. The van der Waals surface area contributed by atoms with Crippen molar-refractivity contribution < 1.29 is 22.8 Å². The second-order valence-corrected chi connectivity index (χ2v) is 8.17. The molecule has 1 aromatic heterocycles. The topological polar surface area (TPSA) is 85.6 Å². The number of aromatic nitrogens is 2. The van der Waals surface area contributed by atoms with Crippen LogP contribution in [-0.4, -0.2) is 39.7 Å². The summed E-state index contributed by atoms with van der Waals surface area (Å²) in [6.45, 7) is 5.91. The summed E-state index contributed by atoms with van der Waals surface area (Å²) in [5, 5.41) is 4.17. The van der Waals surface area contributed by atoms with Crippen molar-refractivity contribution in [3.63, 3.8) is 0 Å². The van der Waals surface area contributed by atoms with Crippen molar-refractivity contribution >= 4 is 29.1 Å². The molecule has 0 aliphatic carbocycles. The van der Waals surface area contributed by atoms with Gasteiger partial charge < -0.3 is 10.6 Å². The lowest BCUT2D eigenvalue weighted by Gasteiger charge is -2.33. The van der Waals surface area contributed by atoms with Crippen molar-refractivity contribution in [1.82, 2.24) is 14.7 Å². The molecule has 1 atom stereocenters. The van der Waals surface area contributed by atoms with Crippen molar-refractivity contribution in [2.75, 3.05) is 13.2 Å². The maximum atomic E-state index is 14.0. The van der Waals surface area contributed by atoms with Crippen LogP contribution in [0.4, 0.5) is 18.9 Å². The number of carbonyl (C=O) groups is 2. The molecular formula is C23H17ClF3N5O2. The van der Waals surface area contributed by atoms with Crippen LogP contribution in [0.1, 0.15) is 27.7 Å². The van der Waals surface area contributed by atoms with E-state index >= 15 is 0 Å². The number of rotatable bonds is 5. The van der Waals surface area contributed by atoms with Crippen LogP contribution in [-0.2, 0) is 17.8 Å². The Balaban J connectivity index is 1.69. The number of benzene rings is 2. The highest BCUT2D eigenvalue weighted by molar-refractivity contribution is 6.31. The Morgan fingerprint density at radius 3 is 2.59 bits per heavy atom. The summed E-state index contributed by atoms with van der Waals surface area (Å²) in [5.41, 5.74) is 6.43. The van der Waals surface area contributed by atoms with Crippen molar-refractivity contribution in [2.24, 2.45) is 5.73 Å². The lowest BCUT2D eigenvalue weighted by Crippen LogP contribution is -2.43. The van der Waals surface area contributed by atoms with Gasteiger partial charge in [0.05, 0.1) is 41.9 Å². The number of hydrogen-bond acceptors (Lipinski definition) is 3. The largest absolute Gasteiger partial charge is 0.365 e. The third kappa shape index (κ3) is 4.22. The van der Waals surface area contributed by atoms with Gasteiger partial charge in [0, 0.05) is 12.1 Å². The van der Waals surface area contributed by atoms with E-state index in [9.17, 15) is 22.8 Å². The van der Waals surface area contributed by atoms with E-state index in [0.29, 0.717) is 11.1 Å². The first-order valence-electron chi connectivity index (χ1n) is 10.1. The number of nitrogens with zero attached hydrogens (tertiary/aromatic N) is 4. The van der Waals surface area contributed by atoms with E-state index in [1.807, 2.05) is 0 Å². The van der Waals surface area contributed by atoms with Crippen molar-refractivity contribution in [3.05, 3.63) is 81.3 Å². The molecule has 34 heavy (non-hydrogen) atoms. The molecule has 4 rings (SSSR count). The predicted molar refractivity (Wildman–Crippen MR) is 118 cm³/mol. The molecule has 0 saturated carbocycles. The van der Waals surface area contributed by atoms with Gasteiger partial charge in [0.2, 0.25) is 11.6 Å². The molecule has 1 aliphatic heterocycles. The fourth-order valence-corrected chi connectivity index (χ4v) is 4.13. The summed E-state index contributed by atoms with van der Waals surface area (Å²) in [6.07, 6.45) is -0.186. The van der Waals surface area contributed by atoms with Crippen molar-refractivity contribution in [3.8, 4) is 11.3 Å². The van der Waals surface area contributed by atoms with Crippen LogP contribution in [0, 0.1) is 18.2 Å². The van der Waals surface area contributed by atoms with Gasteiger partial charge >= 0.3 is 0 Å².